The molecule has 1 atom stereocenters. The van der Waals surface area contributed by atoms with Crippen molar-refractivity contribution < 1.29 is 0 Å². The highest BCUT2D eigenvalue weighted by Gasteiger charge is 2.07. The third kappa shape index (κ3) is 3.44. The Kier molecular flexibility index (Phi) is 4.62. The summed E-state index contributed by atoms with van der Waals surface area (Å²) >= 11 is 9.05. The van der Waals surface area contributed by atoms with E-state index in [1.54, 1.807) is 0 Å². The van der Waals surface area contributed by atoms with Gasteiger partial charge in [0.15, 0.2) is 0 Å². The molecule has 0 aliphatic rings. The van der Waals surface area contributed by atoms with Crippen molar-refractivity contribution in [3.05, 3.63) is 56.7 Å². The largest absolute Gasteiger partial charge is 0.133 e. The van der Waals surface area contributed by atoms with Gasteiger partial charge >= 0.3 is 0 Å². The molecule has 0 saturated carbocycles. The quantitative estimate of drug-likeness (QED) is 0.625. The first-order valence-electron chi connectivity index (χ1n) is 5.19. The molecule has 1 unspecified atom stereocenters. The molecule has 0 radical (unpaired) electrons. The van der Waals surface area contributed by atoms with E-state index in [1.165, 1.54) is 14.2 Å². The molecule has 0 saturated heterocycles. The molecule has 1 aromatic heterocycles. The van der Waals surface area contributed by atoms with Crippen molar-refractivity contribution in [3.8, 4) is 0 Å². The molecule has 0 bridgehead atoms. The van der Waals surface area contributed by atoms with Crippen LogP contribution in [0.2, 0.25) is 0 Å². The normalized spacial score (nSPS) is 12.6. The summed E-state index contributed by atoms with van der Waals surface area (Å²) in [4.78, 5) is 1.89. The van der Waals surface area contributed by atoms with E-state index >= 15 is 0 Å². The summed E-state index contributed by atoms with van der Waals surface area (Å²) in [7, 11) is 0. The molecular formula is C13H12Br2S. The van der Waals surface area contributed by atoms with Crippen LogP contribution in [0.15, 0.2) is 46.3 Å². The lowest BCUT2D eigenvalue weighted by molar-refractivity contribution is 0.823. The van der Waals surface area contributed by atoms with Gasteiger partial charge in [-0.1, -0.05) is 46.3 Å². The van der Waals surface area contributed by atoms with Crippen LogP contribution in [0.5, 0.6) is 0 Å². The first kappa shape index (κ1) is 12.3. The zero-order valence-electron chi connectivity index (χ0n) is 8.70. The minimum Gasteiger partial charge on any atom is -0.133 e. The van der Waals surface area contributed by atoms with E-state index < -0.39 is 0 Å². The lowest BCUT2D eigenvalue weighted by Crippen LogP contribution is -1.91. The van der Waals surface area contributed by atoms with Crippen LogP contribution in [0, 0.1) is 0 Å². The molecule has 3 heteroatoms. The Balaban J connectivity index is 1.91. The molecule has 2 rings (SSSR count). The Morgan fingerprint density at radius 3 is 2.44 bits per heavy atom. The van der Waals surface area contributed by atoms with Gasteiger partial charge in [0.2, 0.25) is 0 Å². The molecular weight excluding hydrogens is 348 g/mol. The maximum atomic E-state index is 3.74. The summed E-state index contributed by atoms with van der Waals surface area (Å²) in [6.45, 7) is 0. The highest BCUT2D eigenvalue weighted by molar-refractivity contribution is 9.11. The summed E-state index contributed by atoms with van der Waals surface area (Å²) in [6, 6.07) is 14.9. The maximum absolute atomic E-state index is 3.74. The Hall–Kier alpha value is -0.120. The van der Waals surface area contributed by atoms with E-state index in [2.05, 4.69) is 74.3 Å². The minimum atomic E-state index is 0.453. The van der Waals surface area contributed by atoms with Crippen LogP contribution in [0.25, 0.3) is 0 Å². The summed E-state index contributed by atoms with van der Waals surface area (Å²) in [5.41, 5.74) is 1.36. The Bertz CT molecular complexity index is 436. The van der Waals surface area contributed by atoms with E-state index in [0.29, 0.717) is 4.83 Å². The lowest BCUT2D eigenvalue weighted by Gasteiger charge is -2.08. The first-order valence-corrected chi connectivity index (χ1v) is 7.71. The fourth-order valence-electron chi connectivity index (χ4n) is 1.58. The van der Waals surface area contributed by atoms with E-state index in [-0.39, 0.29) is 0 Å². The van der Waals surface area contributed by atoms with Crippen molar-refractivity contribution in [2.24, 2.45) is 0 Å². The van der Waals surface area contributed by atoms with Gasteiger partial charge < -0.3 is 0 Å². The second-order valence-electron chi connectivity index (χ2n) is 3.62. The second-order valence-corrected chi connectivity index (χ2v) is 7.28. The molecule has 0 aliphatic carbocycles. The molecule has 0 fully saturated rings. The predicted octanol–water partition coefficient (Wildman–Crippen LogP) is 5.58. The lowest BCUT2D eigenvalue weighted by atomic mass is 10.1. The minimum absolute atomic E-state index is 0.453. The maximum Gasteiger partial charge on any atom is 0.0701 e. The summed E-state index contributed by atoms with van der Waals surface area (Å²) in [5, 5.41) is 0. The van der Waals surface area contributed by atoms with Crippen molar-refractivity contribution in [3.63, 3.8) is 0 Å². The van der Waals surface area contributed by atoms with Gasteiger partial charge in [-0.3, -0.25) is 0 Å². The highest BCUT2D eigenvalue weighted by atomic mass is 79.9. The van der Waals surface area contributed by atoms with Crippen LogP contribution in [-0.4, -0.2) is 0 Å². The number of halogens is 2. The molecule has 0 spiro atoms. The second kappa shape index (κ2) is 5.99. The number of thiophene rings is 1. The Labute approximate surface area is 117 Å². The van der Waals surface area contributed by atoms with Crippen LogP contribution in [-0.2, 0) is 6.42 Å². The van der Waals surface area contributed by atoms with Gasteiger partial charge in [0.25, 0.3) is 0 Å². The van der Waals surface area contributed by atoms with Gasteiger partial charge in [-0.2, -0.15) is 0 Å². The van der Waals surface area contributed by atoms with Gasteiger partial charge in [0, 0.05) is 9.70 Å². The number of benzene rings is 1. The zero-order chi connectivity index (χ0) is 11.4. The highest BCUT2D eigenvalue weighted by Crippen LogP contribution is 2.30. The number of rotatable bonds is 4. The van der Waals surface area contributed by atoms with E-state index in [4.69, 9.17) is 0 Å². The van der Waals surface area contributed by atoms with Gasteiger partial charge in [0.05, 0.1) is 3.79 Å². The molecule has 0 amide bonds. The van der Waals surface area contributed by atoms with Gasteiger partial charge in [-0.25, -0.2) is 0 Å². The van der Waals surface area contributed by atoms with Gasteiger partial charge in [-0.15, -0.1) is 11.3 Å². The molecule has 0 N–H and O–H groups in total. The van der Waals surface area contributed by atoms with Gasteiger partial charge in [-0.05, 0) is 46.5 Å². The SMILES string of the molecule is Brc1ccc(CCC(Br)c2ccccc2)s1. The zero-order valence-corrected chi connectivity index (χ0v) is 12.7. The van der Waals surface area contributed by atoms with Crippen LogP contribution >= 0.6 is 43.2 Å². The number of alkyl halides is 1. The van der Waals surface area contributed by atoms with E-state index in [1.807, 2.05) is 11.3 Å². The fraction of sp³-hybridized carbons (Fsp3) is 0.231. The Morgan fingerprint density at radius 2 is 1.81 bits per heavy atom. The predicted molar refractivity (Wildman–Crippen MR) is 78.5 cm³/mol. The van der Waals surface area contributed by atoms with Crippen molar-refractivity contribution in [2.45, 2.75) is 17.7 Å². The van der Waals surface area contributed by atoms with Crippen molar-refractivity contribution in [1.82, 2.24) is 0 Å². The van der Waals surface area contributed by atoms with Crippen molar-refractivity contribution >= 4 is 43.2 Å². The summed E-state index contributed by atoms with van der Waals surface area (Å²) in [5.74, 6) is 0. The Morgan fingerprint density at radius 1 is 1.06 bits per heavy atom. The molecule has 1 aromatic carbocycles. The van der Waals surface area contributed by atoms with E-state index in [0.717, 1.165) is 12.8 Å². The van der Waals surface area contributed by atoms with Crippen molar-refractivity contribution in [1.29, 1.82) is 0 Å². The standard InChI is InChI=1S/C13H12Br2S/c14-12(10-4-2-1-3-5-10)8-6-11-7-9-13(15)16-11/h1-5,7,9,12H,6,8H2. The first-order chi connectivity index (χ1) is 7.75. The van der Waals surface area contributed by atoms with Crippen LogP contribution < -0.4 is 0 Å². The molecule has 1 heterocycles. The average Bonchev–Trinajstić information content (AvgIpc) is 2.73. The molecule has 16 heavy (non-hydrogen) atoms. The van der Waals surface area contributed by atoms with Crippen LogP contribution in [0.4, 0.5) is 0 Å². The smallest absolute Gasteiger partial charge is 0.0701 e. The third-order valence-corrected chi connectivity index (χ3v) is 5.10. The third-order valence-electron chi connectivity index (χ3n) is 2.43. The average molecular weight is 360 g/mol. The topological polar surface area (TPSA) is 0 Å². The number of hydrogen-bond acceptors (Lipinski definition) is 1. The number of aryl methyl sites for hydroxylation is 1. The molecule has 0 nitrogen and oxygen atoms in total. The molecule has 84 valence electrons. The van der Waals surface area contributed by atoms with Crippen LogP contribution in [0.1, 0.15) is 21.7 Å². The number of hydrogen-bond donors (Lipinski definition) is 0. The monoisotopic (exact) mass is 358 g/mol. The van der Waals surface area contributed by atoms with Crippen molar-refractivity contribution in [2.75, 3.05) is 0 Å². The van der Waals surface area contributed by atoms with E-state index in [9.17, 15) is 0 Å². The van der Waals surface area contributed by atoms with Crippen LogP contribution in [0.3, 0.4) is 0 Å². The summed E-state index contributed by atoms with van der Waals surface area (Å²) < 4.78 is 1.22. The van der Waals surface area contributed by atoms with Gasteiger partial charge in [0.1, 0.15) is 0 Å². The molecule has 2 aromatic rings. The molecule has 0 aliphatic heterocycles. The fourth-order valence-corrected chi connectivity index (χ4v) is 3.62. The summed E-state index contributed by atoms with van der Waals surface area (Å²) in [6.07, 6.45) is 2.26.